The highest BCUT2D eigenvalue weighted by Crippen LogP contribution is 2.49. The average molecular weight is 490 g/mol. The topological polar surface area (TPSA) is 156 Å². The van der Waals surface area contributed by atoms with E-state index in [1.807, 2.05) is 18.2 Å². The summed E-state index contributed by atoms with van der Waals surface area (Å²) in [6, 6.07) is 10.6. The number of methoxy groups -OCH3 is 1. The Labute approximate surface area is 179 Å². The quantitative estimate of drug-likeness (QED) is 0.528. The van der Waals surface area contributed by atoms with Gasteiger partial charge in [-0.3, -0.25) is 0 Å². The van der Waals surface area contributed by atoms with Gasteiger partial charge in [0.1, 0.15) is 25.2 Å². The number of benzene rings is 2. The number of nitriles is 1. The van der Waals surface area contributed by atoms with E-state index in [0.29, 0.717) is 16.9 Å². The largest absolute Gasteiger partial charge is 0.780 e. The van der Waals surface area contributed by atoms with Crippen molar-refractivity contribution < 1.29 is 28.3 Å². The van der Waals surface area contributed by atoms with E-state index in [1.54, 1.807) is 12.3 Å². The lowest BCUT2D eigenvalue weighted by Crippen LogP contribution is -2.21. The zero-order chi connectivity index (χ0) is 21.6. The molecule has 3 N–H and O–H groups in total. The van der Waals surface area contributed by atoms with Crippen LogP contribution >= 0.6 is 23.8 Å². The third-order valence-electron chi connectivity index (χ3n) is 4.70. The van der Waals surface area contributed by atoms with E-state index in [4.69, 9.17) is 15.2 Å². The van der Waals surface area contributed by atoms with Gasteiger partial charge in [0, 0.05) is 22.7 Å². The maximum Gasteiger partial charge on any atom is 0.205 e. The summed E-state index contributed by atoms with van der Waals surface area (Å²) in [5.41, 5.74) is 8.31. The summed E-state index contributed by atoms with van der Waals surface area (Å²) in [4.78, 5) is 25.3. The van der Waals surface area contributed by atoms with E-state index in [1.165, 1.54) is 13.2 Å². The molecule has 0 amide bonds. The number of nitrogens with one attached hydrogen (secondary N) is 1. The Bertz CT molecular complexity index is 1290. The molecule has 1 aliphatic rings. The molecule has 4 rings (SSSR count). The summed E-state index contributed by atoms with van der Waals surface area (Å²) in [5, 5.41) is 10.5. The minimum atomic E-state index is -5.32. The SMILES string of the molecule is COc1cc(C2C(C#N)=C(N)Oc3c2ccc2[nH]ccc32)cc(Br)c1OP(=O)([O-])[O-]. The molecule has 0 fully saturated rings. The van der Waals surface area contributed by atoms with Crippen LogP contribution in [0.4, 0.5) is 0 Å². The Morgan fingerprint density at radius 2 is 2.10 bits per heavy atom. The molecule has 0 saturated carbocycles. The maximum absolute atomic E-state index is 11.1. The second-order valence-electron chi connectivity index (χ2n) is 6.42. The van der Waals surface area contributed by atoms with Gasteiger partial charge in [0.25, 0.3) is 0 Å². The summed E-state index contributed by atoms with van der Waals surface area (Å²) < 4.78 is 26.8. The predicted octanol–water partition coefficient (Wildman–Crippen LogP) is 2.36. The highest BCUT2D eigenvalue weighted by Gasteiger charge is 2.33. The average Bonchev–Trinajstić information content (AvgIpc) is 3.16. The number of nitrogens with zero attached hydrogens (tertiary/aromatic N) is 1. The number of H-pyrrole nitrogens is 1. The second-order valence-corrected chi connectivity index (χ2v) is 8.35. The summed E-state index contributed by atoms with van der Waals surface area (Å²) in [7, 11) is -4.02. The first kappa shape index (κ1) is 20.3. The fraction of sp³-hybridized carbons (Fsp3) is 0.105. The van der Waals surface area contributed by atoms with Crippen molar-refractivity contribution in [2.24, 2.45) is 5.73 Å². The van der Waals surface area contributed by atoms with E-state index in [2.05, 4.69) is 31.5 Å². The fourth-order valence-corrected chi connectivity index (χ4v) is 4.58. The molecule has 11 heteroatoms. The normalized spacial score (nSPS) is 16.0. The van der Waals surface area contributed by atoms with E-state index in [-0.39, 0.29) is 27.4 Å². The first-order valence-electron chi connectivity index (χ1n) is 8.50. The minimum Gasteiger partial charge on any atom is -0.780 e. The first-order chi connectivity index (χ1) is 14.2. The number of halogens is 1. The van der Waals surface area contributed by atoms with Crippen LogP contribution in [-0.4, -0.2) is 12.1 Å². The van der Waals surface area contributed by atoms with Crippen LogP contribution < -0.4 is 29.5 Å². The molecule has 0 bridgehead atoms. The molecule has 9 nitrogen and oxygen atoms in total. The zero-order valence-electron chi connectivity index (χ0n) is 15.3. The molecule has 0 spiro atoms. The van der Waals surface area contributed by atoms with Gasteiger partial charge in [-0.1, -0.05) is 6.07 Å². The Morgan fingerprint density at radius 1 is 1.33 bits per heavy atom. The van der Waals surface area contributed by atoms with Crippen molar-refractivity contribution in [3.63, 3.8) is 0 Å². The number of allylic oxidation sites excluding steroid dienone is 1. The van der Waals surface area contributed by atoms with Crippen molar-refractivity contribution in [2.45, 2.75) is 5.92 Å². The Kier molecular flexibility index (Phi) is 5.00. The molecule has 3 aromatic rings. The summed E-state index contributed by atoms with van der Waals surface area (Å²) in [6.45, 7) is 0. The standard InChI is InChI=1S/C19H15BrN3O6P/c1-27-15-7-9(6-13(20)18(15)29-30(24,25)26)16-11-2-3-14-10(4-5-23-14)17(11)28-19(22)12(16)8-21/h2-7,16,23H,22H2,1H3,(H2,24,25,26)/p-2. The van der Waals surface area contributed by atoms with E-state index in [0.717, 1.165) is 10.9 Å². The lowest BCUT2D eigenvalue weighted by molar-refractivity contribution is -0.333. The van der Waals surface area contributed by atoms with Crippen LogP contribution in [0.1, 0.15) is 17.0 Å². The number of fused-ring (bicyclic) bond motifs is 3. The Balaban J connectivity index is 1.94. The Morgan fingerprint density at radius 3 is 2.77 bits per heavy atom. The van der Waals surface area contributed by atoms with Gasteiger partial charge in [0.2, 0.25) is 5.88 Å². The summed E-state index contributed by atoms with van der Waals surface area (Å²) in [6.07, 6.45) is 1.76. The first-order valence-corrected chi connectivity index (χ1v) is 10.8. The molecule has 1 aliphatic heterocycles. The van der Waals surface area contributed by atoms with Gasteiger partial charge in [0.15, 0.2) is 11.5 Å². The van der Waals surface area contributed by atoms with Gasteiger partial charge in [-0.2, -0.15) is 5.26 Å². The molecule has 154 valence electrons. The van der Waals surface area contributed by atoms with Crippen molar-refractivity contribution in [3.05, 3.63) is 63.6 Å². The fourth-order valence-electron chi connectivity index (χ4n) is 3.50. The molecular weight excluding hydrogens is 477 g/mol. The summed E-state index contributed by atoms with van der Waals surface area (Å²) >= 11 is 3.22. The van der Waals surface area contributed by atoms with Gasteiger partial charge in [-0.25, -0.2) is 0 Å². The van der Waals surface area contributed by atoms with Crippen LogP contribution in [0.5, 0.6) is 17.2 Å². The number of aromatic nitrogens is 1. The molecule has 2 aromatic carbocycles. The minimum absolute atomic E-state index is 0.00192. The number of hydrogen-bond donors (Lipinski definition) is 2. The lowest BCUT2D eigenvalue weighted by Gasteiger charge is -2.31. The predicted molar refractivity (Wildman–Crippen MR) is 107 cm³/mol. The highest BCUT2D eigenvalue weighted by molar-refractivity contribution is 9.10. The van der Waals surface area contributed by atoms with Crippen molar-refractivity contribution in [1.29, 1.82) is 5.26 Å². The van der Waals surface area contributed by atoms with Crippen LogP contribution in [0.15, 0.2) is 52.5 Å². The van der Waals surface area contributed by atoms with Gasteiger partial charge >= 0.3 is 0 Å². The maximum atomic E-state index is 11.1. The molecule has 0 radical (unpaired) electrons. The third kappa shape index (κ3) is 3.42. The van der Waals surface area contributed by atoms with Crippen molar-refractivity contribution in [2.75, 3.05) is 7.11 Å². The van der Waals surface area contributed by atoms with Crippen LogP contribution in [0, 0.1) is 11.3 Å². The lowest BCUT2D eigenvalue weighted by atomic mass is 9.83. The monoisotopic (exact) mass is 489 g/mol. The van der Waals surface area contributed by atoms with E-state index >= 15 is 0 Å². The zero-order valence-corrected chi connectivity index (χ0v) is 17.8. The molecule has 0 saturated heterocycles. The van der Waals surface area contributed by atoms with Crippen LogP contribution in [0.25, 0.3) is 10.9 Å². The van der Waals surface area contributed by atoms with Crippen LogP contribution in [-0.2, 0) is 4.57 Å². The number of nitrogens with two attached hydrogens (primary N) is 1. The van der Waals surface area contributed by atoms with Gasteiger partial charge < -0.3 is 39.1 Å². The van der Waals surface area contributed by atoms with Gasteiger partial charge in [-0.05, 0) is 45.8 Å². The molecule has 1 atom stereocenters. The third-order valence-corrected chi connectivity index (χ3v) is 5.70. The Hall–Kier alpha value is -2.96. The van der Waals surface area contributed by atoms with Crippen molar-refractivity contribution >= 4 is 34.7 Å². The number of phosphoric acid groups is 1. The number of hydrogen-bond acceptors (Lipinski definition) is 8. The van der Waals surface area contributed by atoms with Crippen molar-refractivity contribution in [3.8, 4) is 23.3 Å². The molecule has 2 heterocycles. The van der Waals surface area contributed by atoms with E-state index in [9.17, 15) is 19.6 Å². The van der Waals surface area contributed by atoms with Gasteiger partial charge in [0.05, 0.1) is 17.5 Å². The smallest absolute Gasteiger partial charge is 0.205 e. The molecule has 1 unspecified atom stereocenters. The van der Waals surface area contributed by atoms with Crippen molar-refractivity contribution in [1.82, 2.24) is 4.98 Å². The summed E-state index contributed by atoms with van der Waals surface area (Å²) in [5.74, 6) is -0.433. The molecule has 30 heavy (non-hydrogen) atoms. The highest BCUT2D eigenvalue weighted by atomic mass is 79.9. The molecular formula is C19H13BrN3O6P-2. The van der Waals surface area contributed by atoms with Crippen LogP contribution in [0.2, 0.25) is 0 Å². The van der Waals surface area contributed by atoms with Crippen LogP contribution in [0.3, 0.4) is 0 Å². The number of rotatable bonds is 4. The van der Waals surface area contributed by atoms with E-state index < -0.39 is 13.7 Å². The van der Waals surface area contributed by atoms with Gasteiger partial charge in [-0.15, -0.1) is 0 Å². The molecule has 1 aromatic heterocycles. The molecule has 0 aliphatic carbocycles. The number of phosphoric ester groups is 1. The second kappa shape index (κ2) is 7.38. The number of ether oxygens (including phenoxy) is 2. The number of aromatic amines is 1.